The van der Waals surface area contributed by atoms with Crippen molar-refractivity contribution < 1.29 is 37.3 Å². The van der Waals surface area contributed by atoms with E-state index >= 15 is 0 Å². The normalized spacial score (nSPS) is 21.8. The highest BCUT2D eigenvalue weighted by molar-refractivity contribution is 5.79. The van der Waals surface area contributed by atoms with Gasteiger partial charge < -0.3 is 19.5 Å². The molecule has 4 heterocycles. The summed E-state index contributed by atoms with van der Waals surface area (Å²) in [5.74, 6) is -2.28. The van der Waals surface area contributed by atoms with Crippen molar-refractivity contribution in [2.24, 2.45) is 5.92 Å². The van der Waals surface area contributed by atoms with Crippen LogP contribution < -0.4 is 0 Å². The monoisotopic (exact) mass is 473 g/mol. The van der Waals surface area contributed by atoms with Crippen LogP contribution in [0.5, 0.6) is 0 Å². The van der Waals surface area contributed by atoms with Gasteiger partial charge in [-0.2, -0.15) is 13.2 Å². The molecule has 0 unspecified atom stereocenters. The molecule has 3 fully saturated rings. The first kappa shape index (κ1) is 25.4. The molecular formula is C22H30F3N3O5. The average Bonchev–Trinajstić information content (AvgIpc) is 2.80. The number of hydrogen-bond acceptors (Lipinski definition) is 6. The van der Waals surface area contributed by atoms with Crippen LogP contribution in [0, 0.1) is 5.92 Å². The summed E-state index contributed by atoms with van der Waals surface area (Å²) < 4.78 is 43.4. The summed E-state index contributed by atoms with van der Waals surface area (Å²) in [4.78, 5) is 30.6. The molecule has 3 aliphatic heterocycles. The van der Waals surface area contributed by atoms with Crippen LogP contribution in [0.1, 0.15) is 31.4 Å². The molecule has 1 spiro atoms. The predicted molar refractivity (Wildman–Crippen MR) is 111 cm³/mol. The average molecular weight is 473 g/mol. The smallest absolute Gasteiger partial charge is 0.475 e. The summed E-state index contributed by atoms with van der Waals surface area (Å²) in [7, 11) is 0. The van der Waals surface area contributed by atoms with E-state index in [9.17, 15) is 18.0 Å². The lowest BCUT2D eigenvalue weighted by molar-refractivity contribution is -0.192. The van der Waals surface area contributed by atoms with Gasteiger partial charge in [0.15, 0.2) is 0 Å². The number of nitrogens with zero attached hydrogens (tertiary/aromatic N) is 3. The molecule has 0 saturated carbocycles. The lowest BCUT2D eigenvalue weighted by atomic mass is 9.88. The minimum absolute atomic E-state index is 0.0977. The zero-order chi connectivity index (χ0) is 23.9. The van der Waals surface area contributed by atoms with Crippen LogP contribution in [0.3, 0.4) is 0 Å². The van der Waals surface area contributed by atoms with E-state index in [4.69, 9.17) is 19.4 Å². The Morgan fingerprint density at radius 3 is 2.36 bits per heavy atom. The maximum atomic E-state index is 12.7. The number of carboxylic acid groups (broad SMARTS) is 1. The molecule has 1 N–H and O–H groups in total. The van der Waals surface area contributed by atoms with Crippen molar-refractivity contribution in [3.63, 3.8) is 0 Å². The SMILES string of the molecule is O=C(C1CCOCC1)N1CCC2(CC1)CN(Cc1ccccn1)CCO2.O=C(O)C(F)(F)F. The van der Waals surface area contributed by atoms with E-state index in [1.165, 1.54) is 0 Å². The summed E-state index contributed by atoms with van der Waals surface area (Å²) in [5, 5.41) is 7.12. The lowest BCUT2D eigenvalue weighted by Gasteiger charge is -2.47. The van der Waals surface area contributed by atoms with Crippen molar-refractivity contribution in [2.75, 3.05) is 46.0 Å². The Labute approximate surface area is 190 Å². The van der Waals surface area contributed by atoms with Gasteiger partial charge in [0.2, 0.25) is 5.91 Å². The van der Waals surface area contributed by atoms with Gasteiger partial charge in [-0.25, -0.2) is 4.79 Å². The van der Waals surface area contributed by atoms with Crippen LogP contribution in [0.2, 0.25) is 0 Å². The van der Waals surface area contributed by atoms with E-state index in [0.717, 1.165) is 83.9 Å². The fraction of sp³-hybridized carbons (Fsp3) is 0.682. The summed E-state index contributed by atoms with van der Waals surface area (Å²) >= 11 is 0. The molecule has 1 amide bonds. The second-order valence-electron chi connectivity index (χ2n) is 8.58. The molecule has 0 bridgehead atoms. The Balaban J connectivity index is 0.000000383. The lowest BCUT2D eigenvalue weighted by Crippen LogP contribution is -2.57. The van der Waals surface area contributed by atoms with Gasteiger partial charge in [-0.1, -0.05) is 6.07 Å². The third kappa shape index (κ3) is 7.38. The number of morpholine rings is 1. The van der Waals surface area contributed by atoms with Gasteiger partial charge in [-0.15, -0.1) is 0 Å². The van der Waals surface area contributed by atoms with Crippen molar-refractivity contribution in [1.82, 2.24) is 14.8 Å². The number of carbonyl (C=O) groups is 2. The van der Waals surface area contributed by atoms with Crippen LogP contribution in [0.4, 0.5) is 13.2 Å². The van der Waals surface area contributed by atoms with E-state index in [1.807, 2.05) is 18.3 Å². The highest BCUT2D eigenvalue weighted by atomic mass is 19.4. The number of pyridine rings is 1. The minimum atomic E-state index is -5.08. The van der Waals surface area contributed by atoms with Gasteiger partial charge in [-0.3, -0.25) is 14.7 Å². The molecule has 3 aliphatic rings. The summed E-state index contributed by atoms with van der Waals surface area (Å²) in [6.45, 7) is 6.59. The van der Waals surface area contributed by atoms with Gasteiger partial charge in [0.05, 0.1) is 17.9 Å². The van der Waals surface area contributed by atoms with Crippen molar-refractivity contribution in [3.8, 4) is 0 Å². The van der Waals surface area contributed by atoms with Crippen LogP contribution in [-0.4, -0.2) is 89.5 Å². The van der Waals surface area contributed by atoms with Gasteiger partial charge in [0.1, 0.15) is 0 Å². The third-order valence-electron chi connectivity index (χ3n) is 6.24. The number of piperidine rings is 1. The molecule has 11 heteroatoms. The Bertz CT molecular complexity index is 779. The quantitative estimate of drug-likeness (QED) is 0.721. The number of amides is 1. The first-order valence-electron chi connectivity index (χ1n) is 11.1. The highest BCUT2D eigenvalue weighted by Crippen LogP contribution is 2.32. The number of halogens is 3. The number of alkyl halides is 3. The Morgan fingerprint density at radius 2 is 1.79 bits per heavy atom. The second kappa shape index (κ2) is 11.3. The van der Waals surface area contributed by atoms with E-state index < -0.39 is 12.1 Å². The molecule has 0 radical (unpaired) electrons. The number of aliphatic carboxylic acids is 1. The fourth-order valence-corrected chi connectivity index (χ4v) is 4.42. The molecule has 0 atom stereocenters. The Morgan fingerprint density at radius 1 is 1.12 bits per heavy atom. The molecule has 184 valence electrons. The van der Waals surface area contributed by atoms with Crippen LogP contribution in [0.25, 0.3) is 0 Å². The van der Waals surface area contributed by atoms with Gasteiger partial charge in [0.25, 0.3) is 0 Å². The molecular weight excluding hydrogens is 443 g/mol. The Hall–Kier alpha value is -2.24. The van der Waals surface area contributed by atoms with Crippen molar-refractivity contribution >= 4 is 11.9 Å². The molecule has 1 aromatic heterocycles. The molecule has 0 aliphatic carbocycles. The maximum absolute atomic E-state index is 12.7. The van der Waals surface area contributed by atoms with Crippen molar-refractivity contribution in [2.45, 2.75) is 44.0 Å². The van der Waals surface area contributed by atoms with E-state index in [1.54, 1.807) is 0 Å². The molecule has 0 aromatic carbocycles. The standard InChI is InChI=1S/C20H29N3O3.C2HF3O2/c24-19(17-4-12-25-13-5-17)23-9-6-20(7-10-23)16-22(11-14-26-20)15-18-3-1-2-8-21-18;3-2(4,5)1(6)7/h1-3,8,17H,4-7,9-16H2;(H,6,7). The van der Waals surface area contributed by atoms with Gasteiger partial charge in [-0.05, 0) is 37.8 Å². The van der Waals surface area contributed by atoms with E-state index in [-0.39, 0.29) is 11.5 Å². The zero-order valence-corrected chi connectivity index (χ0v) is 18.4. The Kier molecular flexibility index (Phi) is 8.66. The third-order valence-corrected chi connectivity index (χ3v) is 6.24. The summed E-state index contributed by atoms with van der Waals surface area (Å²) in [6, 6.07) is 6.08. The molecule has 3 saturated heterocycles. The summed E-state index contributed by atoms with van der Waals surface area (Å²) in [5.41, 5.74) is 1.01. The highest BCUT2D eigenvalue weighted by Gasteiger charge is 2.41. The van der Waals surface area contributed by atoms with Crippen LogP contribution in [0.15, 0.2) is 24.4 Å². The first-order valence-corrected chi connectivity index (χ1v) is 11.1. The molecule has 4 rings (SSSR count). The number of carboxylic acids is 1. The molecule has 8 nitrogen and oxygen atoms in total. The van der Waals surface area contributed by atoms with Crippen molar-refractivity contribution in [3.05, 3.63) is 30.1 Å². The largest absolute Gasteiger partial charge is 0.490 e. The minimum Gasteiger partial charge on any atom is -0.475 e. The van der Waals surface area contributed by atoms with Gasteiger partial charge >= 0.3 is 12.1 Å². The fourth-order valence-electron chi connectivity index (χ4n) is 4.42. The molecule has 33 heavy (non-hydrogen) atoms. The summed E-state index contributed by atoms with van der Waals surface area (Å²) in [6.07, 6.45) is 0.372. The zero-order valence-electron chi connectivity index (χ0n) is 18.4. The predicted octanol–water partition coefficient (Wildman–Crippen LogP) is 2.33. The number of ether oxygens (including phenoxy) is 2. The van der Waals surface area contributed by atoms with E-state index in [0.29, 0.717) is 5.91 Å². The number of carbonyl (C=O) groups excluding carboxylic acids is 1. The topological polar surface area (TPSA) is 92.2 Å². The first-order chi connectivity index (χ1) is 15.7. The van der Waals surface area contributed by atoms with Crippen LogP contribution >= 0.6 is 0 Å². The number of aromatic nitrogens is 1. The maximum Gasteiger partial charge on any atom is 0.490 e. The number of rotatable bonds is 3. The van der Waals surface area contributed by atoms with Gasteiger partial charge in [0, 0.05) is 58.1 Å². The van der Waals surface area contributed by atoms with Crippen molar-refractivity contribution in [1.29, 1.82) is 0 Å². The molecule has 1 aromatic rings. The van der Waals surface area contributed by atoms with E-state index in [2.05, 4.69) is 20.9 Å². The number of likely N-dealkylation sites (tertiary alicyclic amines) is 1. The number of hydrogen-bond donors (Lipinski definition) is 1. The van der Waals surface area contributed by atoms with Crippen LogP contribution in [-0.2, 0) is 25.6 Å². The second-order valence-corrected chi connectivity index (χ2v) is 8.58.